The molecule has 18 heavy (non-hydrogen) atoms. The molecule has 0 aromatic carbocycles. The molecule has 7 heteroatoms. The normalized spacial score (nSPS) is 11.0. The van der Waals surface area contributed by atoms with Crippen LogP contribution < -0.4 is 5.73 Å². The Hall–Kier alpha value is -1.66. The summed E-state index contributed by atoms with van der Waals surface area (Å²) in [6.07, 6.45) is 3.07. The van der Waals surface area contributed by atoms with Crippen molar-refractivity contribution < 1.29 is 0 Å². The molecule has 0 unspecified atom stereocenters. The minimum absolute atomic E-state index is 0.420. The van der Waals surface area contributed by atoms with Gasteiger partial charge in [0.05, 0.1) is 5.69 Å². The summed E-state index contributed by atoms with van der Waals surface area (Å²) in [5.74, 6) is 0.420. The highest BCUT2D eigenvalue weighted by atomic mass is 79.9. The third-order valence-corrected chi connectivity index (χ3v) is 3.37. The Morgan fingerprint density at radius 3 is 2.89 bits per heavy atom. The van der Waals surface area contributed by atoms with Crippen molar-refractivity contribution >= 4 is 38.9 Å². The number of anilines is 1. The molecule has 0 spiro atoms. The Morgan fingerprint density at radius 1 is 1.28 bits per heavy atom. The highest BCUT2D eigenvalue weighted by Gasteiger charge is 2.13. The maximum atomic E-state index is 5.89. The topological polar surface area (TPSA) is 69.1 Å². The van der Waals surface area contributed by atoms with Crippen molar-refractivity contribution in [3.8, 4) is 11.3 Å². The zero-order valence-corrected chi connectivity index (χ0v) is 11.4. The Balaban J connectivity index is 2.34. The summed E-state index contributed by atoms with van der Waals surface area (Å²) in [4.78, 5) is 7.93. The van der Waals surface area contributed by atoms with E-state index in [4.69, 9.17) is 17.3 Å². The average Bonchev–Trinajstić information content (AvgIpc) is 2.68. The Morgan fingerprint density at radius 2 is 2.11 bits per heavy atom. The van der Waals surface area contributed by atoms with E-state index in [1.807, 2.05) is 12.1 Å². The number of fused-ring (bicyclic) bond motifs is 1. The van der Waals surface area contributed by atoms with Gasteiger partial charge < -0.3 is 5.73 Å². The molecule has 0 radical (unpaired) electrons. The summed E-state index contributed by atoms with van der Waals surface area (Å²) >= 11 is 9.35. The second-order valence-corrected chi connectivity index (χ2v) is 4.89. The van der Waals surface area contributed by atoms with E-state index in [2.05, 4.69) is 31.0 Å². The van der Waals surface area contributed by atoms with Crippen LogP contribution in [0.15, 0.2) is 35.2 Å². The van der Waals surface area contributed by atoms with E-state index in [1.165, 1.54) is 6.33 Å². The molecule has 0 aliphatic carbocycles. The van der Waals surface area contributed by atoms with Gasteiger partial charge in [0.15, 0.2) is 5.82 Å². The highest BCUT2D eigenvalue weighted by molar-refractivity contribution is 9.10. The highest BCUT2D eigenvalue weighted by Crippen LogP contribution is 2.31. The molecule has 0 amide bonds. The van der Waals surface area contributed by atoms with Crippen LogP contribution in [0, 0.1) is 0 Å². The molecule has 0 bridgehead atoms. The number of halogens is 2. The SMILES string of the molecule is Nc1ncnn2c(-c3ccnc(Cl)c3)cc(Br)c12. The molecule has 3 heterocycles. The van der Waals surface area contributed by atoms with Gasteiger partial charge in [-0.3, -0.25) is 0 Å². The summed E-state index contributed by atoms with van der Waals surface area (Å²) in [6, 6.07) is 5.55. The summed E-state index contributed by atoms with van der Waals surface area (Å²) in [5, 5.41) is 4.63. The lowest BCUT2D eigenvalue weighted by Gasteiger charge is -2.02. The third kappa shape index (κ3) is 1.74. The van der Waals surface area contributed by atoms with E-state index in [1.54, 1.807) is 16.8 Å². The van der Waals surface area contributed by atoms with Gasteiger partial charge in [-0.1, -0.05) is 11.6 Å². The van der Waals surface area contributed by atoms with E-state index < -0.39 is 0 Å². The van der Waals surface area contributed by atoms with Crippen molar-refractivity contribution in [2.45, 2.75) is 0 Å². The number of hydrogen-bond donors (Lipinski definition) is 1. The lowest BCUT2D eigenvalue weighted by atomic mass is 10.2. The van der Waals surface area contributed by atoms with E-state index in [9.17, 15) is 0 Å². The average molecular weight is 325 g/mol. The van der Waals surface area contributed by atoms with Crippen LogP contribution in [0.25, 0.3) is 16.8 Å². The van der Waals surface area contributed by atoms with Gasteiger partial charge in [-0.05, 0) is 34.1 Å². The summed E-state index contributed by atoms with van der Waals surface area (Å²) in [6.45, 7) is 0. The van der Waals surface area contributed by atoms with Gasteiger partial charge in [-0.25, -0.2) is 14.5 Å². The molecule has 0 atom stereocenters. The fourth-order valence-corrected chi connectivity index (χ4v) is 2.55. The lowest BCUT2D eigenvalue weighted by Crippen LogP contribution is -2.00. The number of pyridine rings is 1. The maximum Gasteiger partial charge on any atom is 0.152 e. The molecular formula is C11H7BrClN5. The molecule has 3 aromatic rings. The minimum atomic E-state index is 0.420. The molecule has 5 nitrogen and oxygen atoms in total. The first-order valence-corrected chi connectivity index (χ1v) is 6.23. The zero-order valence-electron chi connectivity index (χ0n) is 9.01. The Bertz CT molecular complexity index is 739. The van der Waals surface area contributed by atoms with Crippen molar-refractivity contribution in [1.82, 2.24) is 19.6 Å². The summed E-state index contributed by atoms with van der Waals surface area (Å²) < 4.78 is 2.56. The molecule has 3 aromatic heterocycles. The largest absolute Gasteiger partial charge is 0.382 e. The van der Waals surface area contributed by atoms with Crippen LogP contribution in [0.4, 0.5) is 5.82 Å². The summed E-state index contributed by atoms with van der Waals surface area (Å²) in [7, 11) is 0. The molecule has 0 fully saturated rings. The number of nitrogen functional groups attached to an aromatic ring is 1. The number of hydrogen-bond acceptors (Lipinski definition) is 4. The van der Waals surface area contributed by atoms with Crippen LogP contribution in [0.3, 0.4) is 0 Å². The molecule has 0 aliphatic rings. The first-order chi connectivity index (χ1) is 8.66. The molecule has 3 rings (SSSR count). The monoisotopic (exact) mass is 323 g/mol. The Labute approximate surface area is 116 Å². The van der Waals surface area contributed by atoms with Gasteiger partial charge in [-0.2, -0.15) is 5.10 Å². The predicted octanol–water partition coefficient (Wildman–Crippen LogP) is 2.79. The fraction of sp³-hybridized carbons (Fsp3) is 0. The quantitative estimate of drug-likeness (QED) is 0.699. The maximum absolute atomic E-state index is 5.89. The number of nitrogens with zero attached hydrogens (tertiary/aromatic N) is 4. The van der Waals surface area contributed by atoms with Crippen LogP contribution in [0.1, 0.15) is 0 Å². The van der Waals surface area contributed by atoms with Gasteiger partial charge >= 0.3 is 0 Å². The molecular weight excluding hydrogens is 318 g/mol. The van der Waals surface area contributed by atoms with Crippen LogP contribution in [-0.2, 0) is 0 Å². The van der Waals surface area contributed by atoms with Crippen molar-refractivity contribution in [2.75, 3.05) is 5.73 Å². The summed E-state index contributed by atoms with van der Waals surface area (Å²) in [5.41, 5.74) is 8.36. The van der Waals surface area contributed by atoms with E-state index in [0.29, 0.717) is 11.0 Å². The number of nitrogens with two attached hydrogens (primary N) is 1. The number of rotatable bonds is 1. The second kappa shape index (κ2) is 4.22. The second-order valence-electron chi connectivity index (χ2n) is 3.65. The van der Waals surface area contributed by atoms with Crippen molar-refractivity contribution in [1.29, 1.82) is 0 Å². The fourth-order valence-electron chi connectivity index (χ4n) is 1.79. The van der Waals surface area contributed by atoms with Crippen LogP contribution in [-0.4, -0.2) is 19.6 Å². The molecule has 0 saturated carbocycles. The van der Waals surface area contributed by atoms with Crippen molar-refractivity contribution in [3.63, 3.8) is 0 Å². The van der Waals surface area contributed by atoms with Gasteiger partial charge in [0.1, 0.15) is 17.0 Å². The number of aromatic nitrogens is 4. The van der Waals surface area contributed by atoms with Crippen LogP contribution in [0.2, 0.25) is 5.15 Å². The van der Waals surface area contributed by atoms with E-state index in [-0.39, 0.29) is 0 Å². The van der Waals surface area contributed by atoms with Gasteiger partial charge in [0.2, 0.25) is 0 Å². The van der Waals surface area contributed by atoms with Crippen molar-refractivity contribution in [3.05, 3.63) is 40.3 Å². The van der Waals surface area contributed by atoms with E-state index >= 15 is 0 Å². The van der Waals surface area contributed by atoms with Gasteiger partial charge in [0.25, 0.3) is 0 Å². The Kier molecular flexibility index (Phi) is 2.68. The minimum Gasteiger partial charge on any atom is -0.382 e. The zero-order chi connectivity index (χ0) is 12.7. The first kappa shape index (κ1) is 11.4. The molecule has 0 aliphatic heterocycles. The smallest absolute Gasteiger partial charge is 0.152 e. The molecule has 90 valence electrons. The van der Waals surface area contributed by atoms with Gasteiger partial charge in [0, 0.05) is 16.2 Å². The standard InChI is InChI=1S/C11H7BrClN5/c12-7-4-8(6-1-2-15-9(13)3-6)18-10(7)11(14)16-5-17-18/h1-5H,(H2,14,16,17). The third-order valence-electron chi connectivity index (χ3n) is 2.56. The molecule has 2 N–H and O–H groups in total. The lowest BCUT2D eigenvalue weighted by molar-refractivity contribution is 0.913. The first-order valence-electron chi connectivity index (χ1n) is 5.06. The molecule has 0 saturated heterocycles. The van der Waals surface area contributed by atoms with Crippen LogP contribution >= 0.6 is 27.5 Å². The van der Waals surface area contributed by atoms with Gasteiger partial charge in [-0.15, -0.1) is 0 Å². The van der Waals surface area contributed by atoms with E-state index in [0.717, 1.165) is 21.2 Å². The van der Waals surface area contributed by atoms with Crippen LogP contribution in [0.5, 0.6) is 0 Å². The predicted molar refractivity (Wildman–Crippen MR) is 73.3 cm³/mol. The van der Waals surface area contributed by atoms with Crippen molar-refractivity contribution in [2.24, 2.45) is 0 Å².